The molecule has 4 rings (SSSR count). The number of amides is 1. The van der Waals surface area contributed by atoms with Crippen LogP contribution in [0, 0.1) is 17.8 Å². The molecule has 1 aromatic carbocycles. The van der Waals surface area contributed by atoms with E-state index >= 15 is 0 Å². The lowest BCUT2D eigenvalue weighted by Gasteiger charge is -2.17. The Morgan fingerprint density at radius 3 is 2.92 bits per heavy atom. The maximum atomic E-state index is 12.1. The summed E-state index contributed by atoms with van der Waals surface area (Å²) in [4.78, 5) is 16.8. The summed E-state index contributed by atoms with van der Waals surface area (Å²) in [5.74, 6) is 3.26. The molecule has 0 unspecified atom stereocenters. The van der Waals surface area contributed by atoms with Gasteiger partial charge in [0.2, 0.25) is 5.91 Å². The summed E-state index contributed by atoms with van der Waals surface area (Å²) in [6, 6.07) is 8.20. The maximum absolute atomic E-state index is 12.1. The van der Waals surface area contributed by atoms with Gasteiger partial charge in [-0.2, -0.15) is 0 Å². The molecule has 0 saturated heterocycles. The summed E-state index contributed by atoms with van der Waals surface area (Å²) >= 11 is 0. The minimum atomic E-state index is 0.214. The van der Waals surface area contributed by atoms with Gasteiger partial charge in [-0.1, -0.05) is 24.3 Å². The van der Waals surface area contributed by atoms with Crippen molar-refractivity contribution in [1.29, 1.82) is 0 Å². The lowest BCUT2D eigenvalue weighted by molar-refractivity contribution is -0.122. The average Bonchev–Trinajstić information content (AvgIpc) is 3.27. The molecule has 1 N–H and O–H groups in total. The molecule has 2 bridgehead atoms. The molecule has 0 aliphatic heterocycles. The number of aromatic nitrogens is 2. The third-order valence-electron chi connectivity index (χ3n) is 5.64. The predicted octanol–water partition coefficient (Wildman–Crippen LogP) is 3.22. The minimum Gasteiger partial charge on any atom is -0.356 e. The van der Waals surface area contributed by atoms with Crippen LogP contribution in [0.3, 0.4) is 0 Å². The SMILES string of the molecule is Cn1c(CCCNC(=O)C[C@@H]2C[C@@H]3C=C[C@H]2C3)nc2ccccc21. The fourth-order valence-electron chi connectivity index (χ4n) is 4.33. The molecule has 0 spiro atoms. The van der Waals surface area contributed by atoms with Crippen molar-refractivity contribution in [2.45, 2.75) is 32.1 Å². The first-order valence-corrected chi connectivity index (χ1v) is 9.06. The van der Waals surface area contributed by atoms with Crippen LogP contribution in [0.2, 0.25) is 0 Å². The Morgan fingerprint density at radius 2 is 2.17 bits per heavy atom. The zero-order chi connectivity index (χ0) is 16.5. The topological polar surface area (TPSA) is 46.9 Å². The van der Waals surface area contributed by atoms with E-state index in [9.17, 15) is 4.79 Å². The maximum Gasteiger partial charge on any atom is 0.220 e. The number of carbonyl (C=O) groups is 1. The first kappa shape index (κ1) is 15.4. The van der Waals surface area contributed by atoms with Crippen LogP contribution in [0.1, 0.15) is 31.5 Å². The summed E-state index contributed by atoms with van der Waals surface area (Å²) in [7, 11) is 2.06. The molecule has 2 aliphatic rings. The van der Waals surface area contributed by atoms with E-state index in [2.05, 4.69) is 40.1 Å². The number of nitrogens with zero attached hydrogens (tertiary/aromatic N) is 2. The van der Waals surface area contributed by atoms with Crippen molar-refractivity contribution in [2.75, 3.05) is 6.54 Å². The van der Waals surface area contributed by atoms with Crippen LogP contribution in [0.15, 0.2) is 36.4 Å². The number of fused-ring (bicyclic) bond motifs is 3. The standard InChI is InChI=1S/C20H25N3O/c1-23-18-6-3-2-5-17(18)22-19(23)7-4-10-21-20(24)13-16-12-14-8-9-15(16)11-14/h2-3,5-6,8-9,14-16H,4,7,10-13H2,1H3,(H,21,24)/t14-,15+,16+/m1/s1. The third kappa shape index (κ3) is 2.97. The summed E-state index contributed by atoms with van der Waals surface area (Å²) in [5.41, 5.74) is 2.21. The number of nitrogens with one attached hydrogen (secondary N) is 1. The van der Waals surface area contributed by atoms with Crippen molar-refractivity contribution >= 4 is 16.9 Å². The van der Waals surface area contributed by atoms with E-state index in [1.807, 2.05) is 18.2 Å². The number of rotatable bonds is 6. The number of allylic oxidation sites excluding steroid dienone is 2. The molecule has 24 heavy (non-hydrogen) atoms. The van der Waals surface area contributed by atoms with Crippen LogP contribution in [0.25, 0.3) is 11.0 Å². The van der Waals surface area contributed by atoms with Crippen LogP contribution in [0.5, 0.6) is 0 Å². The highest BCUT2D eigenvalue weighted by molar-refractivity contribution is 5.76. The highest BCUT2D eigenvalue weighted by atomic mass is 16.1. The largest absolute Gasteiger partial charge is 0.356 e. The van der Waals surface area contributed by atoms with E-state index in [0.717, 1.165) is 36.6 Å². The van der Waals surface area contributed by atoms with E-state index < -0.39 is 0 Å². The zero-order valence-corrected chi connectivity index (χ0v) is 14.2. The van der Waals surface area contributed by atoms with Crippen molar-refractivity contribution < 1.29 is 4.79 Å². The minimum absolute atomic E-state index is 0.214. The van der Waals surface area contributed by atoms with Gasteiger partial charge in [0.15, 0.2) is 0 Å². The number of hydrogen-bond acceptors (Lipinski definition) is 2. The quantitative estimate of drug-likeness (QED) is 0.655. The van der Waals surface area contributed by atoms with Gasteiger partial charge in [0, 0.05) is 26.4 Å². The molecule has 1 saturated carbocycles. The fourth-order valence-corrected chi connectivity index (χ4v) is 4.33. The molecule has 126 valence electrons. The molecular formula is C20H25N3O. The highest BCUT2D eigenvalue weighted by Crippen LogP contribution is 2.44. The average molecular weight is 323 g/mol. The number of para-hydroxylation sites is 2. The summed E-state index contributed by atoms with van der Waals surface area (Å²) in [6.45, 7) is 0.735. The van der Waals surface area contributed by atoms with Crippen LogP contribution < -0.4 is 5.32 Å². The molecule has 1 amide bonds. The second-order valence-corrected chi connectivity index (χ2v) is 7.27. The normalized spacial score (nSPS) is 24.8. The fraction of sp³-hybridized carbons (Fsp3) is 0.500. The van der Waals surface area contributed by atoms with Gasteiger partial charge in [-0.3, -0.25) is 4.79 Å². The van der Waals surface area contributed by atoms with Gasteiger partial charge < -0.3 is 9.88 Å². The van der Waals surface area contributed by atoms with Gasteiger partial charge in [-0.05, 0) is 49.1 Å². The van der Waals surface area contributed by atoms with E-state index in [1.54, 1.807) is 0 Å². The molecule has 1 aromatic heterocycles. The molecular weight excluding hydrogens is 298 g/mol. The first-order chi connectivity index (χ1) is 11.7. The lowest BCUT2D eigenvalue weighted by atomic mass is 9.90. The van der Waals surface area contributed by atoms with E-state index in [1.165, 1.54) is 18.4 Å². The second kappa shape index (κ2) is 6.42. The third-order valence-corrected chi connectivity index (χ3v) is 5.64. The van der Waals surface area contributed by atoms with Crippen LogP contribution in [-0.4, -0.2) is 22.0 Å². The van der Waals surface area contributed by atoms with Gasteiger partial charge in [0.05, 0.1) is 11.0 Å². The molecule has 2 aliphatic carbocycles. The molecule has 4 heteroatoms. The monoisotopic (exact) mass is 323 g/mol. The highest BCUT2D eigenvalue weighted by Gasteiger charge is 2.36. The van der Waals surface area contributed by atoms with Crippen molar-refractivity contribution in [3.8, 4) is 0 Å². The van der Waals surface area contributed by atoms with Gasteiger partial charge in [0.25, 0.3) is 0 Å². The molecule has 1 fully saturated rings. The molecule has 1 heterocycles. The van der Waals surface area contributed by atoms with Crippen LogP contribution in [-0.2, 0) is 18.3 Å². The van der Waals surface area contributed by atoms with Gasteiger partial charge in [-0.25, -0.2) is 4.98 Å². The number of carbonyl (C=O) groups excluding carboxylic acids is 1. The Labute approximate surface area is 143 Å². The summed E-state index contributed by atoms with van der Waals surface area (Å²) in [6.07, 6.45) is 9.63. The van der Waals surface area contributed by atoms with E-state index in [4.69, 9.17) is 0 Å². The van der Waals surface area contributed by atoms with Crippen molar-refractivity contribution in [2.24, 2.45) is 24.8 Å². The van der Waals surface area contributed by atoms with Crippen molar-refractivity contribution in [3.05, 3.63) is 42.2 Å². The van der Waals surface area contributed by atoms with Gasteiger partial charge in [-0.15, -0.1) is 0 Å². The van der Waals surface area contributed by atoms with Crippen LogP contribution >= 0.6 is 0 Å². The second-order valence-electron chi connectivity index (χ2n) is 7.27. The predicted molar refractivity (Wildman–Crippen MR) is 95.5 cm³/mol. The number of imidazole rings is 1. The Kier molecular flexibility index (Phi) is 4.13. The summed E-state index contributed by atoms with van der Waals surface area (Å²) < 4.78 is 2.15. The number of hydrogen-bond donors (Lipinski definition) is 1. The van der Waals surface area contributed by atoms with Crippen molar-refractivity contribution in [3.63, 3.8) is 0 Å². The lowest BCUT2D eigenvalue weighted by Crippen LogP contribution is -2.28. The Balaban J connectivity index is 1.23. The first-order valence-electron chi connectivity index (χ1n) is 9.06. The molecule has 3 atom stereocenters. The number of aryl methyl sites for hydroxylation is 2. The van der Waals surface area contributed by atoms with E-state index in [0.29, 0.717) is 18.3 Å². The molecule has 2 aromatic rings. The van der Waals surface area contributed by atoms with Gasteiger partial charge >= 0.3 is 0 Å². The smallest absolute Gasteiger partial charge is 0.220 e. The number of benzene rings is 1. The molecule has 0 radical (unpaired) electrons. The van der Waals surface area contributed by atoms with Crippen LogP contribution in [0.4, 0.5) is 0 Å². The Hall–Kier alpha value is -2.10. The van der Waals surface area contributed by atoms with Crippen molar-refractivity contribution in [1.82, 2.24) is 14.9 Å². The van der Waals surface area contributed by atoms with E-state index in [-0.39, 0.29) is 5.91 Å². The van der Waals surface area contributed by atoms with Gasteiger partial charge in [0.1, 0.15) is 5.82 Å². The zero-order valence-electron chi connectivity index (χ0n) is 14.2. The Bertz CT molecular complexity index is 776. The summed E-state index contributed by atoms with van der Waals surface area (Å²) in [5, 5.41) is 3.09. The molecule has 4 nitrogen and oxygen atoms in total. The Morgan fingerprint density at radius 1 is 1.29 bits per heavy atom.